The second kappa shape index (κ2) is 6.89. The molecule has 1 aromatic carbocycles. The Hall–Kier alpha value is -1.35. The van der Waals surface area contributed by atoms with Crippen LogP contribution in [0.4, 0.5) is 0 Å². The number of amides is 1. The summed E-state index contributed by atoms with van der Waals surface area (Å²) in [6.07, 6.45) is 0.406. The smallest absolute Gasteiger partial charge is 0.224 e. The molecule has 2 N–H and O–H groups in total. The van der Waals surface area contributed by atoms with E-state index >= 15 is 0 Å². The summed E-state index contributed by atoms with van der Waals surface area (Å²) in [6, 6.07) is 8.18. The van der Waals surface area contributed by atoms with E-state index in [2.05, 4.69) is 45.9 Å². The third-order valence-electron chi connectivity index (χ3n) is 3.70. The van der Waals surface area contributed by atoms with Crippen LogP contribution in [0.15, 0.2) is 24.3 Å². The lowest BCUT2D eigenvalue weighted by Gasteiger charge is -2.29. The fraction of sp³-hybridized carbons (Fsp3) is 0.588. The quantitative estimate of drug-likeness (QED) is 0.898. The fourth-order valence-electron chi connectivity index (χ4n) is 2.03. The van der Waals surface area contributed by atoms with E-state index in [4.69, 9.17) is 5.73 Å². The Labute approximate surface area is 123 Å². The maximum atomic E-state index is 12.4. The summed E-state index contributed by atoms with van der Waals surface area (Å²) in [6.45, 7) is 11.7. The van der Waals surface area contributed by atoms with Gasteiger partial charge in [-0.1, -0.05) is 50.6 Å². The van der Waals surface area contributed by atoms with Crippen LogP contribution < -0.4 is 5.73 Å². The molecule has 1 atom stereocenters. The monoisotopic (exact) mass is 276 g/mol. The van der Waals surface area contributed by atoms with Gasteiger partial charge in [-0.2, -0.15) is 0 Å². The van der Waals surface area contributed by atoms with Crippen molar-refractivity contribution in [2.75, 3.05) is 6.54 Å². The molecule has 0 aliphatic heterocycles. The zero-order chi connectivity index (χ0) is 15.3. The molecule has 0 aromatic heterocycles. The van der Waals surface area contributed by atoms with Crippen LogP contribution in [0.2, 0.25) is 0 Å². The number of hydrogen-bond donors (Lipinski definition) is 1. The van der Waals surface area contributed by atoms with Crippen LogP contribution in [0.1, 0.15) is 45.2 Å². The second-order valence-corrected chi connectivity index (χ2v) is 6.57. The molecule has 0 radical (unpaired) electrons. The van der Waals surface area contributed by atoms with Crippen LogP contribution in [-0.4, -0.2) is 23.4 Å². The molecular weight excluding hydrogens is 248 g/mol. The van der Waals surface area contributed by atoms with Gasteiger partial charge < -0.3 is 10.6 Å². The zero-order valence-electron chi connectivity index (χ0n) is 13.4. The van der Waals surface area contributed by atoms with Gasteiger partial charge in [0.05, 0.1) is 0 Å². The number of hydrogen-bond acceptors (Lipinski definition) is 2. The summed E-state index contributed by atoms with van der Waals surface area (Å²) in [5.41, 5.74) is 8.46. The van der Waals surface area contributed by atoms with Crippen LogP contribution in [0.3, 0.4) is 0 Å². The molecule has 112 valence electrons. The van der Waals surface area contributed by atoms with Crippen molar-refractivity contribution >= 4 is 5.91 Å². The Morgan fingerprint density at radius 1 is 1.35 bits per heavy atom. The normalized spacial score (nSPS) is 13.1. The molecule has 0 aliphatic carbocycles. The third kappa shape index (κ3) is 4.97. The van der Waals surface area contributed by atoms with Crippen molar-refractivity contribution in [3.8, 4) is 0 Å². The Kier molecular flexibility index (Phi) is 5.75. The Bertz CT molecular complexity index is 449. The summed E-state index contributed by atoms with van der Waals surface area (Å²) in [4.78, 5) is 14.2. The van der Waals surface area contributed by atoms with Gasteiger partial charge in [0, 0.05) is 25.6 Å². The minimum absolute atomic E-state index is 0.0432. The highest BCUT2D eigenvalue weighted by molar-refractivity contribution is 5.76. The van der Waals surface area contributed by atoms with Crippen LogP contribution in [0, 0.1) is 12.3 Å². The summed E-state index contributed by atoms with van der Waals surface area (Å²) in [7, 11) is 0. The molecule has 1 unspecified atom stereocenters. The van der Waals surface area contributed by atoms with E-state index in [1.807, 2.05) is 17.9 Å². The molecule has 3 nitrogen and oxygen atoms in total. The molecule has 0 fully saturated rings. The SMILES string of the molecule is CCN(Cc1cccc(C)c1)C(=O)CC(N)C(C)(C)C. The summed E-state index contributed by atoms with van der Waals surface area (Å²) >= 11 is 0. The molecule has 0 saturated carbocycles. The Morgan fingerprint density at radius 3 is 2.50 bits per heavy atom. The maximum Gasteiger partial charge on any atom is 0.224 e. The molecule has 0 saturated heterocycles. The highest BCUT2D eigenvalue weighted by atomic mass is 16.2. The lowest BCUT2D eigenvalue weighted by Crippen LogP contribution is -2.41. The van der Waals surface area contributed by atoms with Crippen molar-refractivity contribution in [2.45, 2.75) is 53.6 Å². The number of nitrogens with zero attached hydrogens (tertiary/aromatic N) is 1. The van der Waals surface area contributed by atoms with Crippen molar-refractivity contribution in [1.29, 1.82) is 0 Å². The predicted octanol–water partition coefficient (Wildman–Crippen LogP) is 3.11. The maximum absolute atomic E-state index is 12.4. The molecule has 0 spiro atoms. The van der Waals surface area contributed by atoms with Gasteiger partial charge in [-0.05, 0) is 24.8 Å². The Balaban J connectivity index is 2.69. The second-order valence-electron chi connectivity index (χ2n) is 6.57. The number of benzene rings is 1. The molecular formula is C17H28N2O. The summed E-state index contributed by atoms with van der Waals surface area (Å²) in [5, 5.41) is 0. The average Bonchev–Trinajstić information content (AvgIpc) is 2.34. The van der Waals surface area contributed by atoms with Gasteiger partial charge in [0.25, 0.3) is 0 Å². The van der Waals surface area contributed by atoms with Gasteiger partial charge in [-0.25, -0.2) is 0 Å². The minimum atomic E-state index is -0.110. The van der Waals surface area contributed by atoms with E-state index in [0.29, 0.717) is 19.5 Å². The topological polar surface area (TPSA) is 46.3 Å². The first-order valence-electron chi connectivity index (χ1n) is 7.33. The van der Waals surface area contributed by atoms with Crippen molar-refractivity contribution in [3.05, 3.63) is 35.4 Å². The largest absolute Gasteiger partial charge is 0.339 e. The minimum Gasteiger partial charge on any atom is -0.339 e. The van der Waals surface area contributed by atoms with Gasteiger partial charge in [0.1, 0.15) is 0 Å². The molecule has 1 rings (SSSR count). The number of carbonyl (C=O) groups is 1. The lowest BCUT2D eigenvalue weighted by atomic mass is 9.85. The Morgan fingerprint density at radius 2 is 2.00 bits per heavy atom. The van der Waals surface area contributed by atoms with E-state index in [-0.39, 0.29) is 17.4 Å². The summed E-state index contributed by atoms with van der Waals surface area (Å²) < 4.78 is 0. The van der Waals surface area contributed by atoms with Crippen molar-refractivity contribution < 1.29 is 4.79 Å². The third-order valence-corrected chi connectivity index (χ3v) is 3.70. The van der Waals surface area contributed by atoms with Gasteiger partial charge >= 0.3 is 0 Å². The average molecular weight is 276 g/mol. The van der Waals surface area contributed by atoms with Gasteiger partial charge in [0.15, 0.2) is 0 Å². The first-order chi connectivity index (χ1) is 9.24. The molecule has 0 bridgehead atoms. The zero-order valence-corrected chi connectivity index (χ0v) is 13.4. The number of carbonyl (C=O) groups excluding carboxylic acids is 1. The van der Waals surface area contributed by atoms with Crippen molar-refractivity contribution in [1.82, 2.24) is 4.90 Å². The van der Waals surface area contributed by atoms with E-state index in [9.17, 15) is 4.79 Å². The standard InChI is InChI=1S/C17H28N2O/c1-6-19(12-14-9-7-8-13(2)10-14)16(20)11-15(18)17(3,4)5/h7-10,15H,6,11-12,18H2,1-5H3. The molecule has 20 heavy (non-hydrogen) atoms. The lowest BCUT2D eigenvalue weighted by molar-refractivity contribution is -0.132. The fourth-order valence-corrected chi connectivity index (χ4v) is 2.03. The van der Waals surface area contributed by atoms with E-state index in [1.165, 1.54) is 11.1 Å². The molecule has 1 amide bonds. The highest BCUT2D eigenvalue weighted by Gasteiger charge is 2.25. The number of rotatable bonds is 5. The van der Waals surface area contributed by atoms with Crippen LogP contribution in [0.5, 0.6) is 0 Å². The van der Waals surface area contributed by atoms with E-state index < -0.39 is 0 Å². The van der Waals surface area contributed by atoms with E-state index in [1.54, 1.807) is 0 Å². The number of nitrogens with two attached hydrogens (primary N) is 1. The van der Waals surface area contributed by atoms with Crippen LogP contribution >= 0.6 is 0 Å². The van der Waals surface area contributed by atoms with Crippen LogP contribution in [0.25, 0.3) is 0 Å². The van der Waals surface area contributed by atoms with Gasteiger partial charge in [-0.15, -0.1) is 0 Å². The van der Waals surface area contributed by atoms with Crippen molar-refractivity contribution in [3.63, 3.8) is 0 Å². The van der Waals surface area contributed by atoms with E-state index in [0.717, 1.165) is 0 Å². The van der Waals surface area contributed by atoms with Gasteiger partial charge in [-0.3, -0.25) is 4.79 Å². The molecule has 1 aromatic rings. The molecule has 0 aliphatic rings. The van der Waals surface area contributed by atoms with Gasteiger partial charge in [0.2, 0.25) is 5.91 Å². The summed E-state index contributed by atoms with van der Waals surface area (Å²) in [5.74, 6) is 0.136. The first-order valence-corrected chi connectivity index (χ1v) is 7.33. The molecule has 0 heterocycles. The predicted molar refractivity (Wildman–Crippen MR) is 84.3 cm³/mol. The number of aryl methyl sites for hydroxylation is 1. The molecule has 3 heteroatoms. The highest BCUT2D eigenvalue weighted by Crippen LogP contribution is 2.20. The van der Waals surface area contributed by atoms with Crippen molar-refractivity contribution in [2.24, 2.45) is 11.1 Å². The van der Waals surface area contributed by atoms with Crippen LogP contribution in [-0.2, 0) is 11.3 Å². The first kappa shape index (κ1) is 16.7.